The number of nitrogens with two attached hydrogens (primary N) is 1. The Morgan fingerprint density at radius 1 is 0.700 bits per heavy atom. The zero-order valence-electron chi connectivity index (χ0n) is 12.3. The molecule has 7 heteroatoms. The monoisotopic (exact) mass is 285 g/mol. The number of amides is 1. The minimum Gasteiger partial charge on any atom is -0.369 e. The quantitative estimate of drug-likeness (QED) is 0.514. The molecule has 114 valence electrons. The molecule has 20 heavy (non-hydrogen) atoms. The van der Waals surface area contributed by atoms with E-state index >= 15 is 0 Å². The van der Waals surface area contributed by atoms with Gasteiger partial charge in [-0.1, -0.05) is 0 Å². The topological polar surface area (TPSA) is 101 Å². The van der Waals surface area contributed by atoms with Crippen molar-refractivity contribution in [2.75, 3.05) is 39.3 Å². The Labute approximate surface area is 119 Å². The Bertz CT molecular complexity index is 314. The van der Waals surface area contributed by atoms with Crippen molar-refractivity contribution in [3.63, 3.8) is 0 Å². The summed E-state index contributed by atoms with van der Waals surface area (Å²) in [7, 11) is 0. The average Bonchev–Trinajstić information content (AvgIpc) is 2.22. The van der Waals surface area contributed by atoms with E-state index in [1.54, 1.807) is 9.80 Å². The molecule has 0 aromatic heterocycles. The maximum absolute atomic E-state index is 11.1. The van der Waals surface area contributed by atoms with Gasteiger partial charge in [-0.3, -0.25) is 29.0 Å². The van der Waals surface area contributed by atoms with Crippen LogP contribution in [-0.2, 0) is 19.2 Å². The van der Waals surface area contributed by atoms with Crippen LogP contribution in [0.4, 0.5) is 0 Å². The van der Waals surface area contributed by atoms with Gasteiger partial charge in [0.05, 0.1) is 26.2 Å². The summed E-state index contributed by atoms with van der Waals surface area (Å²) < 4.78 is 0. The summed E-state index contributed by atoms with van der Waals surface area (Å²) >= 11 is 0. The summed E-state index contributed by atoms with van der Waals surface area (Å²) in [5.41, 5.74) is 5.12. The number of Topliss-reactive ketones (excluding diaryl/α,β-unsaturated/α-hetero) is 3. The smallest absolute Gasteiger partial charge is 0.231 e. The van der Waals surface area contributed by atoms with Gasteiger partial charge in [-0.05, 0) is 20.8 Å². The van der Waals surface area contributed by atoms with Gasteiger partial charge >= 0.3 is 0 Å². The lowest BCUT2D eigenvalue weighted by Gasteiger charge is -2.25. The van der Waals surface area contributed by atoms with E-state index in [9.17, 15) is 19.2 Å². The second-order valence-corrected chi connectivity index (χ2v) is 4.99. The number of carbonyl (C=O) groups is 4. The molecule has 0 rings (SSSR count). The van der Waals surface area contributed by atoms with Gasteiger partial charge in [0.25, 0.3) is 0 Å². The van der Waals surface area contributed by atoms with Gasteiger partial charge in [0.15, 0.2) is 0 Å². The molecule has 0 unspecified atom stereocenters. The molecule has 0 aliphatic carbocycles. The maximum Gasteiger partial charge on any atom is 0.231 e. The first-order valence-electron chi connectivity index (χ1n) is 6.42. The largest absolute Gasteiger partial charge is 0.369 e. The third-order valence-electron chi connectivity index (χ3n) is 2.45. The first-order valence-corrected chi connectivity index (χ1v) is 6.42. The molecule has 7 nitrogen and oxygen atoms in total. The van der Waals surface area contributed by atoms with Crippen molar-refractivity contribution < 1.29 is 19.2 Å². The van der Waals surface area contributed by atoms with Crippen LogP contribution < -0.4 is 5.73 Å². The van der Waals surface area contributed by atoms with E-state index in [1.165, 1.54) is 20.8 Å². The number of rotatable bonds is 11. The normalized spacial score (nSPS) is 10.8. The summed E-state index contributed by atoms with van der Waals surface area (Å²) in [4.78, 5) is 47.6. The Kier molecular flexibility index (Phi) is 8.58. The molecule has 0 saturated heterocycles. The van der Waals surface area contributed by atoms with Crippen LogP contribution in [0.2, 0.25) is 0 Å². The zero-order chi connectivity index (χ0) is 15.7. The highest BCUT2D eigenvalue weighted by atomic mass is 16.1. The van der Waals surface area contributed by atoms with Gasteiger partial charge < -0.3 is 5.73 Å². The molecule has 0 radical (unpaired) electrons. The minimum absolute atomic E-state index is 0.0203. The predicted molar refractivity (Wildman–Crippen MR) is 74.1 cm³/mol. The van der Waals surface area contributed by atoms with Crippen LogP contribution in [0.3, 0.4) is 0 Å². The number of hydrogen-bond acceptors (Lipinski definition) is 6. The predicted octanol–water partition coefficient (Wildman–Crippen LogP) is -1.16. The van der Waals surface area contributed by atoms with E-state index < -0.39 is 5.91 Å². The number of hydrogen-bond donors (Lipinski definition) is 1. The summed E-state index contributed by atoms with van der Waals surface area (Å²) in [6.07, 6.45) is 0. The van der Waals surface area contributed by atoms with Crippen LogP contribution >= 0.6 is 0 Å². The van der Waals surface area contributed by atoms with E-state index in [0.29, 0.717) is 13.1 Å². The molecule has 0 aromatic rings. The van der Waals surface area contributed by atoms with E-state index in [0.717, 1.165) is 0 Å². The standard InChI is InChI=1S/C13H23N3O4/c1-10(17)6-15(7-11(2)18)4-5-16(8-12(3)19)9-13(14)20/h4-9H2,1-3H3,(H2,14,20). The van der Waals surface area contributed by atoms with Crippen molar-refractivity contribution >= 4 is 23.3 Å². The van der Waals surface area contributed by atoms with E-state index in [-0.39, 0.29) is 43.5 Å². The fraction of sp³-hybridized carbons (Fsp3) is 0.692. The van der Waals surface area contributed by atoms with E-state index in [2.05, 4.69) is 0 Å². The van der Waals surface area contributed by atoms with Crippen molar-refractivity contribution in [3.8, 4) is 0 Å². The Morgan fingerprint density at radius 3 is 1.25 bits per heavy atom. The Balaban J connectivity index is 4.49. The lowest BCUT2D eigenvalue weighted by Crippen LogP contribution is -2.43. The molecule has 1 amide bonds. The van der Waals surface area contributed by atoms with Crippen LogP contribution in [0, 0.1) is 0 Å². The number of nitrogens with zero attached hydrogens (tertiary/aromatic N) is 2. The molecule has 0 aliphatic rings. The van der Waals surface area contributed by atoms with E-state index in [4.69, 9.17) is 5.73 Å². The van der Waals surface area contributed by atoms with Crippen LogP contribution in [0.5, 0.6) is 0 Å². The van der Waals surface area contributed by atoms with Crippen molar-refractivity contribution in [2.45, 2.75) is 20.8 Å². The molecule has 0 fully saturated rings. The van der Waals surface area contributed by atoms with Gasteiger partial charge in [0.1, 0.15) is 17.3 Å². The lowest BCUT2D eigenvalue weighted by atomic mass is 10.3. The molecular formula is C13H23N3O4. The first kappa shape index (κ1) is 18.4. The summed E-state index contributed by atoms with van der Waals surface area (Å²) in [6, 6.07) is 0. The third-order valence-corrected chi connectivity index (χ3v) is 2.45. The maximum atomic E-state index is 11.1. The molecule has 0 bridgehead atoms. The van der Waals surface area contributed by atoms with Crippen molar-refractivity contribution in [3.05, 3.63) is 0 Å². The molecule has 0 aliphatic heterocycles. The molecular weight excluding hydrogens is 262 g/mol. The van der Waals surface area contributed by atoms with Crippen LogP contribution in [0.1, 0.15) is 20.8 Å². The average molecular weight is 285 g/mol. The third kappa shape index (κ3) is 10.3. The van der Waals surface area contributed by atoms with Crippen LogP contribution in [0.15, 0.2) is 0 Å². The fourth-order valence-corrected chi connectivity index (χ4v) is 1.88. The van der Waals surface area contributed by atoms with Gasteiger partial charge in [0.2, 0.25) is 5.91 Å². The molecule has 0 heterocycles. The van der Waals surface area contributed by atoms with Gasteiger partial charge in [-0.2, -0.15) is 0 Å². The zero-order valence-corrected chi connectivity index (χ0v) is 12.3. The van der Waals surface area contributed by atoms with Gasteiger partial charge in [-0.15, -0.1) is 0 Å². The van der Waals surface area contributed by atoms with Gasteiger partial charge in [0, 0.05) is 13.1 Å². The highest BCUT2D eigenvalue weighted by Gasteiger charge is 2.15. The Hall–Kier alpha value is -1.60. The highest BCUT2D eigenvalue weighted by Crippen LogP contribution is 1.95. The second kappa shape index (κ2) is 9.33. The molecule has 0 atom stereocenters. The number of primary amides is 1. The van der Waals surface area contributed by atoms with Crippen molar-refractivity contribution in [2.24, 2.45) is 5.73 Å². The minimum atomic E-state index is -0.518. The van der Waals surface area contributed by atoms with Crippen molar-refractivity contribution in [1.29, 1.82) is 0 Å². The molecule has 2 N–H and O–H groups in total. The fourth-order valence-electron chi connectivity index (χ4n) is 1.88. The highest BCUT2D eigenvalue weighted by molar-refractivity contribution is 5.81. The molecule has 0 aromatic carbocycles. The van der Waals surface area contributed by atoms with Gasteiger partial charge in [-0.25, -0.2) is 0 Å². The first-order chi connectivity index (χ1) is 9.20. The van der Waals surface area contributed by atoms with E-state index in [1.807, 2.05) is 0 Å². The summed E-state index contributed by atoms with van der Waals surface area (Å²) in [5, 5.41) is 0. The Morgan fingerprint density at radius 2 is 1.00 bits per heavy atom. The SMILES string of the molecule is CC(=O)CN(CCN(CC(C)=O)CC(N)=O)CC(C)=O. The summed E-state index contributed by atoms with van der Waals surface area (Å²) in [5.74, 6) is -0.676. The number of carbonyl (C=O) groups excluding carboxylic acids is 4. The molecule has 0 spiro atoms. The molecule has 0 saturated carbocycles. The van der Waals surface area contributed by atoms with Crippen molar-refractivity contribution in [1.82, 2.24) is 9.80 Å². The second-order valence-electron chi connectivity index (χ2n) is 4.99. The lowest BCUT2D eigenvalue weighted by molar-refractivity contribution is -0.124. The number of ketones is 3. The van der Waals surface area contributed by atoms with Crippen LogP contribution in [0.25, 0.3) is 0 Å². The van der Waals surface area contributed by atoms with Crippen LogP contribution in [-0.4, -0.2) is 72.3 Å². The summed E-state index contributed by atoms with van der Waals surface area (Å²) in [6.45, 7) is 5.58.